The van der Waals surface area contributed by atoms with Gasteiger partial charge in [-0.3, -0.25) is 4.79 Å². The molecule has 1 aromatic carbocycles. The standard InChI is InChI=1S/C14H16F4N2O/c1-2-5-13(19)7-20(8-13)12(21)9-3-4-11(15)10(6-9)14(16,17)18/h3-4,6H,2,5,7-8,19H2,1H3. The maximum absolute atomic E-state index is 13.2. The fraction of sp³-hybridized carbons (Fsp3) is 0.500. The number of rotatable bonds is 3. The zero-order valence-corrected chi connectivity index (χ0v) is 11.5. The van der Waals surface area contributed by atoms with E-state index in [4.69, 9.17) is 5.73 Å². The van der Waals surface area contributed by atoms with E-state index in [9.17, 15) is 22.4 Å². The Morgan fingerprint density at radius 1 is 1.38 bits per heavy atom. The number of benzene rings is 1. The van der Waals surface area contributed by atoms with Crippen molar-refractivity contribution in [3.8, 4) is 0 Å². The van der Waals surface area contributed by atoms with Gasteiger partial charge in [-0.15, -0.1) is 0 Å². The van der Waals surface area contributed by atoms with E-state index in [1.807, 2.05) is 6.92 Å². The minimum absolute atomic E-state index is 0.178. The molecule has 0 aromatic heterocycles. The van der Waals surface area contributed by atoms with Gasteiger partial charge in [-0.05, 0) is 24.6 Å². The third-order valence-electron chi connectivity index (χ3n) is 3.57. The average Bonchev–Trinajstić information content (AvgIpc) is 2.34. The lowest BCUT2D eigenvalue weighted by atomic mass is 9.86. The molecule has 1 heterocycles. The second-order valence-electron chi connectivity index (χ2n) is 5.47. The number of amides is 1. The van der Waals surface area contributed by atoms with Crippen LogP contribution in [-0.4, -0.2) is 29.4 Å². The van der Waals surface area contributed by atoms with Crippen molar-refractivity contribution in [1.82, 2.24) is 4.90 Å². The summed E-state index contributed by atoms with van der Waals surface area (Å²) in [7, 11) is 0. The van der Waals surface area contributed by atoms with Crippen LogP contribution >= 0.6 is 0 Å². The molecule has 1 aliphatic heterocycles. The summed E-state index contributed by atoms with van der Waals surface area (Å²) in [4.78, 5) is 13.5. The zero-order chi connectivity index (χ0) is 15.8. The van der Waals surface area contributed by atoms with Crippen LogP contribution in [0.1, 0.15) is 35.7 Å². The molecule has 0 bridgehead atoms. The minimum atomic E-state index is -4.82. The third-order valence-corrected chi connectivity index (χ3v) is 3.57. The Bertz CT molecular complexity index is 550. The summed E-state index contributed by atoms with van der Waals surface area (Å²) in [5.74, 6) is -1.94. The van der Waals surface area contributed by atoms with Crippen LogP contribution in [0.2, 0.25) is 0 Å². The van der Waals surface area contributed by atoms with Crippen molar-refractivity contribution in [1.29, 1.82) is 0 Å². The Hall–Kier alpha value is -1.63. The van der Waals surface area contributed by atoms with Gasteiger partial charge in [-0.2, -0.15) is 13.2 Å². The molecule has 1 amide bonds. The largest absolute Gasteiger partial charge is 0.419 e. The molecule has 116 valence electrons. The van der Waals surface area contributed by atoms with Gasteiger partial charge in [0.25, 0.3) is 5.91 Å². The van der Waals surface area contributed by atoms with Gasteiger partial charge in [0.15, 0.2) is 0 Å². The predicted octanol–water partition coefficient (Wildman–Crippen LogP) is 2.80. The topological polar surface area (TPSA) is 46.3 Å². The molecular formula is C14H16F4N2O. The van der Waals surface area contributed by atoms with Gasteiger partial charge >= 0.3 is 6.18 Å². The van der Waals surface area contributed by atoms with Crippen molar-refractivity contribution in [3.63, 3.8) is 0 Å². The number of carbonyl (C=O) groups is 1. The summed E-state index contributed by atoms with van der Waals surface area (Å²) in [6.07, 6.45) is -3.21. The molecule has 21 heavy (non-hydrogen) atoms. The van der Waals surface area contributed by atoms with Crippen LogP contribution in [0.25, 0.3) is 0 Å². The lowest BCUT2D eigenvalue weighted by molar-refractivity contribution is -0.140. The molecule has 0 spiro atoms. The molecule has 0 unspecified atom stereocenters. The van der Waals surface area contributed by atoms with Gasteiger partial charge in [0, 0.05) is 18.7 Å². The van der Waals surface area contributed by atoms with Crippen LogP contribution in [0.4, 0.5) is 17.6 Å². The van der Waals surface area contributed by atoms with Crippen LogP contribution in [0.5, 0.6) is 0 Å². The first-order valence-electron chi connectivity index (χ1n) is 6.61. The fourth-order valence-electron chi connectivity index (χ4n) is 2.57. The SMILES string of the molecule is CCCC1(N)CN(C(=O)c2ccc(F)c(C(F)(F)F)c2)C1. The highest BCUT2D eigenvalue weighted by atomic mass is 19.4. The van der Waals surface area contributed by atoms with E-state index in [0.717, 1.165) is 18.9 Å². The van der Waals surface area contributed by atoms with Crippen LogP contribution in [-0.2, 0) is 6.18 Å². The molecule has 1 saturated heterocycles. The van der Waals surface area contributed by atoms with Crippen molar-refractivity contribution in [3.05, 3.63) is 35.1 Å². The Morgan fingerprint density at radius 2 is 2.00 bits per heavy atom. The predicted molar refractivity (Wildman–Crippen MR) is 69.1 cm³/mol. The fourth-order valence-corrected chi connectivity index (χ4v) is 2.57. The van der Waals surface area contributed by atoms with E-state index >= 15 is 0 Å². The Kier molecular flexibility index (Phi) is 3.97. The molecule has 1 aromatic rings. The molecule has 7 heteroatoms. The van der Waals surface area contributed by atoms with Gasteiger partial charge in [-0.25, -0.2) is 4.39 Å². The summed E-state index contributed by atoms with van der Waals surface area (Å²) in [6, 6.07) is 2.27. The van der Waals surface area contributed by atoms with Crippen molar-refractivity contribution in [2.45, 2.75) is 31.5 Å². The molecule has 0 aliphatic carbocycles. The van der Waals surface area contributed by atoms with Crippen molar-refractivity contribution in [2.75, 3.05) is 13.1 Å². The molecule has 3 nitrogen and oxygen atoms in total. The second kappa shape index (κ2) is 5.29. The first kappa shape index (κ1) is 15.8. The monoisotopic (exact) mass is 304 g/mol. The third kappa shape index (κ3) is 3.18. The second-order valence-corrected chi connectivity index (χ2v) is 5.47. The van der Waals surface area contributed by atoms with E-state index in [-0.39, 0.29) is 5.56 Å². The van der Waals surface area contributed by atoms with Crippen LogP contribution < -0.4 is 5.73 Å². The molecule has 1 fully saturated rings. The molecule has 0 saturated carbocycles. The highest BCUT2D eigenvalue weighted by molar-refractivity contribution is 5.95. The smallest absolute Gasteiger partial charge is 0.335 e. The van der Waals surface area contributed by atoms with E-state index in [2.05, 4.69) is 0 Å². The van der Waals surface area contributed by atoms with Crippen molar-refractivity contribution < 1.29 is 22.4 Å². The van der Waals surface area contributed by atoms with Gasteiger partial charge in [0.05, 0.1) is 11.1 Å². The highest BCUT2D eigenvalue weighted by Gasteiger charge is 2.42. The van der Waals surface area contributed by atoms with Crippen molar-refractivity contribution in [2.24, 2.45) is 5.73 Å². The van der Waals surface area contributed by atoms with Crippen LogP contribution in [0, 0.1) is 5.82 Å². The first-order valence-corrected chi connectivity index (χ1v) is 6.61. The lowest BCUT2D eigenvalue weighted by Gasteiger charge is -2.47. The van der Waals surface area contributed by atoms with Crippen LogP contribution in [0.15, 0.2) is 18.2 Å². The number of hydrogen-bond donors (Lipinski definition) is 1. The summed E-state index contributed by atoms with van der Waals surface area (Å²) in [5, 5.41) is 0. The normalized spacial score (nSPS) is 17.5. The Labute approximate surface area is 119 Å². The molecule has 0 atom stereocenters. The summed E-state index contributed by atoms with van der Waals surface area (Å²) >= 11 is 0. The van der Waals surface area contributed by atoms with Crippen LogP contribution in [0.3, 0.4) is 0 Å². The average molecular weight is 304 g/mol. The van der Waals surface area contributed by atoms with E-state index in [1.54, 1.807) is 0 Å². The lowest BCUT2D eigenvalue weighted by Crippen LogP contribution is -2.68. The minimum Gasteiger partial charge on any atom is -0.335 e. The van der Waals surface area contributed by atoms with Gasteiger partial charge < -0.3 is 10.6 Å². The van der Waals surface area contributed by atoms with Gasteiger partial charge in [-0.1, -0.05) is 13.3 Å². The molecular weight excluding hydrogens is 288 g/mol. The maximum Gasteiger partial charge on any atom is 0.419 e. The summed E-state index contributed by atoms with van der Waals surface area (Å²) in [6.45, 7) is 2.57. The quantitative estimate of drug-likeness (QED) is 0.873. The number of nitrogens with two attached hydrogens (primary N) is 1. The number of nitrogens with zero attached hydrogens (tertiary/aromatic N) is 1. The highest BCUT2D eigenvalue weighted by Crippen LogP contribution is 2.33. The van der Waals surface area contributed by atoms with Crippen molar-refractivity contribution >= 4 is 5.91 Å². The first-order chi connectivity index (χ1) is 9.66. The van der Waals surface area contributed by atoms with Gasteiger partial charge in [0.2, 0.25) is 0 Å². The summed E-state index contributed by atoms with van der Waals surface area (Å²) < 4.78 is 51.1. The van der Waals surface area contributed by atoms with E-state index < -0.39 is 29.0 Å². The number of hydrogen-bond acceptors (Lipinski definition) is 2. The molecule has 2 rings (SSSR count). The zero-order valence-electron chi connectivity index (χ0n) is 11.5. The number of carbonyl (C=O) groups excluding carboxylic acids is 1. The number of alkyl halides is 3. The Morgan fingerprint density at radius 3 is 2.52 bits per heavy atom. The molecule has 0 radical (unpaired) electrons. The molecule has 2 N–H and O–H groups in total. The Balaban J connectivity index is 2.15. The number of halogens is 4. The van der Waals surface area contributed by atoms with E-state index in [1.165, 1.54) is 4.90 Å². The summed E-state index contributed by atoms with van der Waals surface area (Å²) in [5.41, 5.74) is 3.94. The molecule has 1 aliphatic rings. The maximum atomic E-state index is 13.2. The van der Waals surface area contributed by atoms with Gasteiger partial charge in [0.1, 0.15) is 5.82 Å². The number of likely N-dealkylation sites (tertiary alicyclic amines) is 1. The van der Waals surface area contributed by atoms with E-state index in [0.29, 0.717) is 25.2 Å².